The number of nitrogens with zero attached hydrogens (tertiary/aromatic N) is 3. The third kappa shape index (κ3) is 3.57. The van der Waals surface area contributed by atoms with E-state index in [1.54, 1.807) is 24.1 Å². The van der Waals surface area contributed by atoms with Crippen molar-refractivity contribution >= 4 is 11.8 Å². The van der Waals surface area contributed by atoms with E-state index in [1.807, 2.05) is 24.3 Å². The van der Waals surface area contributed by atoms with Crippen molar-refractivity contribution in [2.45, 2.75) is 13.3 Å². The summed E-state index contributed by atoms with van der Waals surface area (Å²) in [6, 6.07) is 13.9. The average Bonchev–Trinajstić information content (AvgIpc) is 3.06. The normalized spacial score (nSPS) is 12.6. The Morgan fingerprint density at radius 3 is 2.89 bits per heavy atom. The molecule has 2 aromatic carbocycles. The molecule has 0 unspecified atom stereocenters. The number of hydrogen-bond acceptors (Lipinski definition) is 5. The van der Waals surface area contributed by atoms with Gasteiger partial charge in [0.15, 0.2) is 11.6 Å². The summed E-state index contributed by atoms with van der Waals surface area (Å²) in [5.41, 5.74) is 5.92. The van der Waals surface area contributed by atoms with Crippen molar-refractivity contribution in [3.8, 4) is 17.1 Å². The molecule has 4 rings (SSSR count). The zero-order valence-corrected chi connectivity index (χ0v) is 14.6. The molecule has 0 saturated heterocycles. The molecule has 2 heterocycles. The van der Waals surface area contributed by atoms with Gasteiger partial charge in [-0.1, -0.05) is 30.3 Å². The summed E-state index contributed by atoms with van der Waals surface area (Å²) in [4.78, 5) is 20.7. The molecule has 1 aliphatic rings. The summed E-state index contributed by atoms with van der Waals surface area (Å²) in [5.74, 6) is 0.257. The zero-order chi connectivity index (χ0) is 18.8. The van der Waals surface area contributed by atoms with Crippen molar-refractivity contribution in [3.63, 3.8) is 0 Å². The fraction of sp³-hybridized carbons (Fsp3) is 0.150. The average molecular weight is 364 g/mol. The Bertz CT molecular complexity index is 1010. The zero-order valence-electron chi connectivity index (χ0n) is 14.6. The molecular formula is C20H17FN4O2. The highest BCUT2D eigenvalue weighted by molar-refractivity contribution is 5.74. The van der Waals surface area contributed by atoms with E-state index in [0.717, 1.165) is 12.1 Å². The van der Waals surface area contributed by atoms with Crippen LogP contribution in [0.15, 0.2) is 54.7 Å². The SMILES string of the molecule is Cc1nc(-c2cccc(F)c2)ncc1OC(=O)NN1CCc2ccccc21. The minimum Gasteiger partial charge on any atom is -0.406 e. The largest absolute Gasteiger partial charge is 0.431 e. The third-order valence-electron chi connectivity index (χ3n) is 4.33. The van der Waals surface area contributed by atoms with Crippen LogP contribution < -0.4 is 15.2 Å². The Morgan fingerprint density at radius 2 is 2.07 bits per heavy atom. The number of benzene rings is 2. The van der Waals surface area contributed by atoms with Gasteiger partial charge in [-0.05, 0) is 37.1 Å². The second-order valence-electron chi connectivity index (χ2n) is 6.19. The van der Waals surface area contributed by atoms with Crippen LogP contribution in [0.4, 0.5) is 14.9 Å². The Hall–Kier alpha value is -3.48. The summed E-state index contributed by atoms with van der Waals surface area (Å²) in [7, 11) is 0. The van der Waals surface area contributed by atoms with Crippen LogP contribution in [0.25, 0.3) is 11.4 Å². The first kappa shape index (κ1) is 17.0. The highest BCUT2D eigenvalue weighted by Crippen LogP contribution is 2.26. The van der Waals surface area contributed by atoms with Crippen molar-refractivity contribution in [3.05, 3.63) is 71.8 Å². The van der Waals surface area contributed by atoms with E-state index in [4.69, 9.17) is 4.74 Å². The highest BCUT2D eigenvalue weighted by atomic mass is 19.1. The molecule has 1 aromatic heterocycles. The quantitative estimate of drug-likeness (QED) is 0.768. The van der Waals surface area contributed by atoms with E-state index in [9.17, 15) is 9.18 Å². The summed E-state index contributed by atoms with van der Waals surface area (Å²) >= 11 is 0. The summed E-state index contributed by atoms with van der Waals surface area (Å²) in [5, 5.41) is 1.76. The van der Waals surface area contributed by atoms with Crippen LogP contribution in [-0.2, 0) is 6.42 Å². The molecule has 0 radical (unpaired) electrons. The standard InChI is InChI=1S/C20H17FN4O2/c1-13-18(12-22-19(23-13)15-6-4-7-16(21)11-15)27-20(26)24-25-10-9-14-5-2-3-8-17(14)25/h2-8,11-12H,9-10H2,1H3,(H,24,26). The summed E-state index contributed by atoms with van der Waals surface area (Å²) in [6.07, 6.45) is 1.66. The van der Waals surface area contributed by atoms with Crippen molar-refractivity contribution < 1.29 is 13.9 Å². The summed E-state index contributed by atoms with van der Waals surface area (Å²) < 4.78 is 18.7. The molecule has 136 valence electrons. The molecule has 1 amide bonds. The number of anilines is 1. The van der Waals surface area contributed by atoms with E-state index in [-0.39, 0.29) is 11.6 Å². The number of carbonyl (C=O) groups excluding carboxylic acids is 1. The van der Waals surface area contributed by atoms with Crippen LogP contribution in [0.2, 0.25) is 0 Å². The van der Waals surface area contributed by atoms with Gasteiger partial charge in [0, 0.05) is 12.1 Å². The van der Waals surface area contributed by atoms with Crippen molar-refractivity contribution in [2.75, 3.05) is 11.6 Å². The second-order valence-corrected chi connectivity index (χ2v) is 6.19. The number of rotatable bonds is 3. The Balaban J connectivity index is 1.46. The Kier molecular flexibility index (Phi) is 4.42. The van der Waals surface area contributed by atoms with E-state index in [1.165, 1.54) is 23.9 Å². The van der Waals surface area contributed by atoms with E-state index < -0.39 is 6.09 Å². The van der Waals surface area contributed by atoms with Gasteiger partial charge in [-0.3, -0.25) is 5.01 Å². The van der Waals surface area contributed by atoms with Crippen LogP contribution in [-0.4, -0.2) is 22.6 Å². The monoisotopic (exact) mass is 364 g/mol. The van der Waals surface area contributed by atoms with Crippen LogP contribution in [0.5, 0.6) is 5.75 Å². The first-order chi connectivity index (χ1) is 13.1. The molecule has 7 heteroatoms. The topological polar surface area (TPSA) is 67.3 Å². The first-order valence-electron chi connectivity index (χ1n) is 8.53. The van der Waals surface area contributed by atoms with Gasteiger partial charge in [0.1, 0.15) is 5.82 Å². The van der Waals surface area contributed by atoms with Gasteiger partial charge >= 0.3 is 6.09 Å². The molecule has 1 N–H and O–H groups in total. The van der Waals surface area contributed by atoms with Gasteiger partial charge < -0.3 is 4.74 Å². The molecule has 0 bridgehead atoms. The molecule has 1 aliphatic heterocycles. The minimum atomic E-state index is -0.614. The van der Waals surface area contributed by atoms with E-state index >= 15 is 0 Å². The van der Waals surface area contributed by atoms with E-state index in [2.05, 4.69) is 15.4 Å². The maximum absolute atomic E-state index is 13.4. The highest BCUT2D eigenvalue weighted by Gasteiger charge is 2.21. The van der Waals surface area contributed by atoms with Gasteiger partial charge in [-0.15, -0.1) is 0 Å². The number of hydrazine groups is 1. The van der Waals surface area contributed by atoms with Crippen LogP contribution in [0.3, 0.4) is 0 Å². The lowest BCUT2D eigenvalue weighted by molar-refractivity contribution is 0.199. The molecule has 27 heavy (non-hydrogen) atoms. The molecule has 0 aliphatic carbocycles. The molecule has 0 spiro atoms. The predicted octanol–water partition coefficient (Wildman–Crippen LogP) is 3.66. The first-order valence-corrected chi connectivity index (χ1v) is 8.53. The van der Waals surface area contributed by atoms with Gasteiger partial charge in [0.2, 0.25) is 0 Å². The number of ether oxygens (including phenoxy) is 1. The number of nitrogens with one attached hydrogen (secondary N) is 1. The van der Waals surface area contributed by atoms with Crippen LogP contribution in [0, 0.1) is 12.7 Å². The van der Waals surface area contributed by atoms with Crippen molar-refractivity contribution in [1.29, 1.82) is 0 Å². The number of para-hydroxylation sites is 1. The predicted molar refractivity (Wildman–Crippen MR) is 98.8 cm³/mol. The van der Waals surface area contributed by atoms with Gasteiger partial charge in [0.25, 0.3) is 0 Å². The molecular weight excluding hydrogens is 347 g/mol. The fourth-order valence-electron chi connectivity index (χ4n) is 3.01. The Morgan fingerprint density at radius 1 is 1.22 bits per heavy atom. The number of fused-ring (bicyclic) bond motifs is 1. The van der Waals surface area contributed by atoms with Gasteiger partial charge in [-0.25, -0.2) is 24.6 Å². The Labute approximate surface area is 155 Å². The number of carbonyl (C=O) groups is 1. The minimum absolute atomic E-state index is 0.250. The van der Waals surface area contributed by atoms with Crippen molar-refractivity contribution in [1.82, 2.24) is 15.4 Å². The lowest BCUT2D eigenvalue weighted by Crippen LogP contribution is -2.42. The third-order valence-corrected chi connectivity index (χ3v) is 4.33. The molecule has 3 aromatic rings. The number of aryl methyl sites for hydroxylation is 1. The number of aromatic nitrogens is 2. The van der Waals surface area contributed by atoms with Gasteiger partial charge in [-0.2, -0.15) is 0 Å². The number of amides is 1. The van der Waals surface area contributed by atoms with Crippen molar-refractivity contribution in [2.24, 2.45) is 0 Å². The smallest absolute Gasteiger partial charge is 0.406 e. The molecule has 0 fully saturated rings. The summed E-state index contributed by atoms with van der Waals surface area (Å²) in [6.45, 7) is 2.39. The molecule has 0 saturated carbocycles. The van der Waals surface area contributed by atoms with Crippen LogP contribution >= 0.6 is 0 Å². The number of hydrogen-bond donors (Lipinski definition) is 1. The lowest BCUT2D eigenvalue weighted by atomic mass is 10.2. The maximum Gasteiger partial charge on any atom is 0.431 e. The second kappa shape index (κ2) is 7.03. The van der Waals surface area contributed by atoms with Gasteiger partial charge in [0.05, 0.1) is 17.6 Å². The van der Waals surface area contributed by atoms with E-state index in [0.29, 0.717) is 23.6 Å². The number of halogens is 1. The fourth-order valence-corrected chi connectivity index (χ4v) is 3.01. The molecule has 6 nitrogen and oxygen atoms in total. The maximum atomic E-state index is 13.4. The van der Waals surface area contributed by atoms with Crippen LogP contribution in [0.1, 0.15) is 11.3 Å². The molecule has 0 atom stereocenters. The lowest BCUT2D eigenvalue weighted by Gasteiger charge is -2.20.